The van der Waals surface area contributed by atoms with Crippen LogP contribution in [-0.2, 0) is 6.61 Å². The molecule has 3 heteroatoms. The summed E-state index contributed by atoms with van der Waals surface area (Å²) in [5.74, 6) is 0. The zero-order valence-corrected chi connectivity index (χ0v) is 16.6. The van der Waals surface area contributed by atoms with Crippen molar-refractivity contribution in [3.05, 3.63) is 101 Å². The third-order valence-electron chi connectivity index (χ3n) is 4.81. The maximum absolute atomic E-state index is 9.33. The lowest BCUT2D eigenvalue weighted by atomic mass is 10.1. The maximum atomic E-state index is 9.33. The summed E-state index contributed by atoms with van der Waals surface area (Å²) in [5.41, 5.74) is 7.88. The van der Waals surface area contributed by atoms with Crippen molar-refractivity contribution in [3.8, 4) is 28.2 Å². The molecule has 0 radical (unpaired) electrons. The molecule has 134 valence electrons. The van der Waals surface area contributed by atoms with Crippen molar-refractivity contribution in [1.82, 2.24) is 4.57 Å². The Hall–Kier alpha value is -2.62. The van der Waals surface area contributed by atoms with E-state index in [9.17, 15) is 5.11 Å². The fourth-order valence-electron chi connectivity index (χ4n) is 3.36. The molecule has 4 aromatic rings. The Balaban J connectivity index is 1.94. The summed E-state index contributed by atoms with van der Waals surface area (Å²) >= 11 is 3.52. The van der Waals surface area contributed by atoms with Gasteiger partial charge >= 0.3 is 0 Å². The lowest BCUT2D eigenvalue weighted by molar-refractivity contribution is 0.282. The highest BCUT2D eigenvalue weighted by molar-refractivity contribution is 9.10. The molecule has 0 aliphatic rings. The van der Waals surface area contributed by atoms with Crippen LogP contribution in [0.5, 0.6) is 0 Å². The molecule has 0 aliphatic carbocycles. The topological polar surface area (TPSA) is 25.2 Å². The second-order valence-corrected chi connectivity index (χ2v) is 7.50. The van der Waals surface area contributed by atoms with E-state index in [1.807, 2.05) is 12.1 Å². The Morgan fingerprint density at radius 3 is 1.85 bits per heavy atom. The van der Waals surface area contributed by atoms with Crippen LogP contribution < -0.4 is 0 Å². The number of aromatic nitrogens is 1. The average Bonchev–Trinajstić information content (AvgIpc) is 3.14. The van der Waals surface area contributed by atoms with Crippen molar-refractivity contribution < 1.29 is 5.11 Å². The van der Waals surface area contributed by atoms with Gasteiger partial charge < -0.3 is 9.67 Å². The van der Waals surface area contributed by atoms with Gasteiger partial charge in [-0.2, -0.15) is 0 Å². The first-order chi connectivity index (χ1) is 13.2. The van der Waals surface area contributed by atoms with E-state index in [4.69, 9.17) is 0 Å². The summed E-state index contributed by atoms with van der Waals surface area (Å²) in [6.45, 7) is 2.20. The summed E-state index contributed by atoms with van der Waals surface area (Å²) in [6, 6.07) is 29.3. The molecule has 0 saturated carbocycles. The van der Waals surface area contributed by atoms with E-state index in [0.717, 1.165) is 27.0 Å². The average molecular weight is 418 g/mol. The minimum atomic E-state index is 0.0588. The number of hydrogen-bond acceptors (Lipinski definition) is 1. The summed E-state index contributed by atoms with van der Waals surface area (Å²) < 4.78 is 3.38. The zero-order valence-electron chi connectivity index (χ0n) is 15.1. The summed E-state index contributed by atoms with van der Waals surface area (Å²) in [6.07, 6.45) is 0. The third-order valence-corrected chi connectivity index (χ3v) is 5.34. The van der Waals surface area contributed by atoms with Gasteiger partial charge in [-0.15, -0.1) is 0 Å². The van der Waals surface area contributed by atoms with Gasteiger partial charge in [0.1, 0.15) is 0 Å². The van der Waals surface area contributed by atoms with Crippen molar-refractivity contribution in [2.75, 3.05) is 0 Å². The molecule has 0 saturated heterocycles. The highest BCUT2D eigenvalue weighted by atomic mass is 79.9. The van der Waals surface area contributed by atoms with E-state index in [1.165, 1.54) is 16.8 Å². The number of nitrogens with zero attached hydrogens (tertiary/aromatic N) is 1. The molecule has 0 fully saturated rings. The quantitative estimate of drug-likeness (QED) is 0.409. The lowest BCUT2D eigenvalue weighted by Crippen LogP contribution is -2.01. The van der Waals surface area contributed by atoms with Gasteiger partial charge in [0.25, 0.3) is 0 Å². The molecule has 0 unspecified atom stereocenters. The number of halogens is 1. The van der Waals surface area contributed by atoms with Gasteiger partial charge in [-0.3, -0.25) is 0 Å². The van der Waals surface area contributed by atoms with Crippen LogP contribution in [0.4, 0.5) is 0 Å². The van der Waals surface area contributed by atoms with Crippen molar-refractivity contribution in [2.24, 2.45) is 0 Å². The Bertz CT molecular complexity index is 1060. The van der Waals surface area contributed by atoms with E-state index in [0.29, 0.717) is 0 Å². The molecular formula is C24H20BrNO. The van der Waals surface area contributed by atoms with Crippen molar-refractivity contribution >= 4 is 15.9 Å². The summed E-state index contributed by atoms with van der Waals surface area (Å²) in [5, 5.41) is 9.33. The monoisotopic (exact) mass is 417 g/mol. The van der Waals surface area contributed by atoms with Crippen LogP contribution in [0.3, 0.4) is 0 Å². The van der Waals surface area contributed by atoms with E-state index in [1.54, 1.807) is 0 Å². The molecular weight excluding hydrogens is 398 g/mol. The minimum Gasteiger partial charge on any atom is -0.392 e. The van der Waals surface area contributed by atoms with E-state index >= 15 is 0 Å². The summed E-state index contributed by atoms with van der Waals surface area (Å²) in [4.78, 5) is 0. The van der Waals surface area contributed by atoms with Gasteiger partial charge in [0.05, 0.1) is 18.0 Å². The van der Waals surface area contributed by atoms with Gasteiger partial charge in [0.15, 0.2) is 0 Å². The van der Waals surface area contributed by atoms with Crippen molar-refractivity contribution in [3.63, 3.8) is 0 Å². The number of aliphatic hydroxyl groups is 1. The second kappa shape index (κ2) is 7.55. The highest BCUT2D eigenvalue weighted by Crippen LogP contribution is 2.34. The summed E-state index contributed by atoms with van der Waals surface area (Å²) in [7, 11) is 0. The standard InChI is InChI=1S/C24H20BrNO/c1-17-4-2-3-5-22(17)26-23(19-8-6-18(16-27)7-9-19)14-15-24(26)20-10-12-21(25)13-11-20/h2-15,27H,16H2,1H3. The molecule has 3 aromatic carbocycles. The van der Waals surface area contributed by atoms with Gasteiger partial charge in [-0.1, -0.05) is 70.5 Å². The molecule has 2 nitrogen and oxygen atoms in total. The number of aliphatic hydroxyl groups excluding tert-OH is 1. The van der Waals surface area contributed by atoms with Crippen LogP contribution in [0, 0.1) is 6.92 Å². The molecule has 4 rings (SSSR count). The Morgan fingerprint density at radius 1 is 0.741 bits per heavy atom. The van der Waals surface area contributed by atoms with Crippen LogP contribution in [0.25, 0.3) is 28.2 Å². The maximum Gasteiger partial charge on any atom is 0.0681 e. The molecule has 1 heterocycles. The van der Waals surface area contributed by atoms with Crippen LogP contribution >= 0.6 is 15.9 Å². The number of hydrogen-bond donors (Lipinski definition) is 1. The highest BCUT2D eigenvalue weighted by Gasteiger charge is 2.15. The lowest BCUT2D eigenvalue weighted by Gasteiger charge is -2.17. The molecule has 1 N–H and O–H groups in total. The molecule has 27 heavy (non-hydrogen) atoms. The number of aryl methyl sites for hydroxylation is 1. The Labute approximate surface area is 167 Å². The molecule has 1 aromatic heterocycles. The van der Waals surface area contributed by atoms with Gasteiger partial charge in [0, 0.05) is 10.2 Å². The molecule has 0 aliphatic heterocycles. The Morgan fingerprint density at radius 2 is 1.30 bits per heavy atom. The fraction of sp³-hybridized carbons (Fsp3) is 0.0833. The SMILES string of the molecule is Cc1ccccc1-n1c(-c2ccc(Br)cc2)ccc1-c1ccc(CO)cc1. The van der Waals surface area contributed by atoms with Crippen LogP contribution in [-0.4, -0.2) is 9.67 Å². The van der Waals surface area contributed by atoms with Crippen LogP contribution in [0.1, 0.15) is 11.1 Å². The predicted octanol–water partition coefficient (Wildman–Crippen LogP) is 6.37. The fourth-order valence-corrected chi connectivity index (χ4v) is 3.63. The normalized spacial score (nSPS) is 10.9. The van der Waals surface area contributed by atoms with Crippen molar-refractivity contribution in [1.29, 1.82) is 0 Å². The molecule has 0 bridgehead atoms. The number of benzene rings is 3. The first-order valence-corrected chi connectivity index (χ1v) is 9.70. The number of para-hydroxylation sites is 1. The smallest absolute Gasteiger partial charge is 0.0681 e. The zero-order chi connectivity index (χ0) is 18.8. The first-order valence-electron chi connectivity index (χ1n) is 8.91. The molecule has 0 amide bonds. The van der Waals surface area contributed by atoms with Crippen LogP contribution in [0.2, 0.25) is 0 Å². The molecule has 0 atom stereocenters. The van der Waals surface area contributed by atoms with E-state index < -0.39 is 0 Å². The molecule has 0 spiro atoms. The number of rotatable bonds is 4. The van der Waals surface area contributed by atoms with E-state index in [2.05, 4.69) is 100 Å². The third kappa shape index (κ3) is 3.48. The van der Waals surface area contributed by atoms with Gasteiger partial charge in [-0.25, -0.2) is 0 Å². The minimum absolute atomic E-state index is 0.0588. The van der Waals surface area contributed by atoms with Crippen LogP contribution in [0.15, 0.2) is 89.4 Å². The Kier molecular flexibility index (Phi) is 4.97. The van der Waals surface area contributed by atoms with Crippen molar-refractivity contribution in [2.45, 2.75) is 13.5 Å². The van der Waals surface area contributed by atoms with E-state index in [-0.39, 0.29) is 6.61 Å². The van der Waals surface area contributed by atoms with Gasteiger partial charge in [-0.05, 0) is 59.5 Å². The predicted molar refractivity (Wildman–Crippen MR) is 115 cm³/mol. The second-order valence-electron chi connectivity index (χ2n) is 6.59. The first kappa shape index (κ1) is 17.8. The largest absolute Gasteiger partial charge is 0.392 e. The van der Waals surface area contributed by atoms with Gasteiger partial charge in [0.2, 0.25) is 0 Å².